The van der Waals surface area contributed by atoms with Gasteiger partial charge in [0, 0.05) is 12.8 Å². The third-order valence-electron chi connectivity index (χ3n) is 3.34. The largest absolute Gasteiger partial charge is 0.481 e. The molecule has 0 aliphatic carbocycles. The number of carboxylic acid groups (broad SMARTS) is 2. The van der Waals surface area contributed by atoms with Crippen LogP contribution < -0.4 is 5.32 Å². The maximum Gasteiger partial charge on any atom is 0.326 e. The Hall–Kier alpha value is -1.85. The van der Waals surface area contributed by atoms with Gasteiger partial charge in [0.05, 0.1) is 0 Å². The summed E-state index contributed by atoms with van der Waals surface area (Å²) in [5.41, 5.74) is 0. The highest BCUT2D eigenvalue weighted by molar-refractivity contribution is 5.83. The summed E-state index contributed by atoms with van der Waals surface area (Å²) >= 11 is 0. The molecule has 0 aromatic carbocycles. The lowest BCUT2D eigenvalue weighted by molar-refractivity contribution is -0.143. The molecule has 1 atom stereocenters. The lowest BCUT2D eigenvalue weighted by Gasteiger charge is -2.13. The first-order valence-corrected chi connectivity index (χ1v) is 7.82. The third-order valence-corrected chi connectivity index (χ3v) is 3.34. The van der Waals surface area contributed by atoms with Crippen molar-refractivity contribution in [3.05, 3.63) is 12.7 Å². The van der Waals surface area contributed by atoms with E-state index in [2.05, 4.69) is 11.9 Å². The van der Waals surface area contributed by atoms with Crippen molar-refractivity contribution < 1.29 is 24.6 Å². The van der Waals surface area contributed by atoms with E-state index < -0.39 is 18.0 Å². The lowest BCUT2D eigenvalue weighted by Crippen LogP contribution is -2.41. The van der Waals surface area contributed by atoms with E-state index >= 15 is 0 Å². The molecule has 3 N–H and O–H groups in total. The van der Waals surface area contributed by atoms with Crippen molar-refractivity contribution >= 4 is 17.8 Å². The number of carboxylic acids is 2. The predicted molar refractivity (Wildman–Crippen MR) is 83.6 cm³/mol. The smallest absolute Gasteiger partial charge is 0.326 e. The first-order valence-electron chi connectivity index (χ1n) is 7.82. The van der Waals surface area contributed by atoms with Crippen LogP contribution in [0.2, 0.25) is 0 Å². The van der Waals surface area contributed by atoms with Crippen LogP contribution in [0.3, 0.4) is 0 Å². The summed E-state index contributed by atoms with van der Waals surface area (Å²) < 4.78 is 0. The molecule has 0 aliphatic heterocycles. The van der Waals surface area contributed by atoms with Crippen LogP contribution in [0.15, 0.2) is 12.7 Å². The summed E-state index contributed by atoms with van der Waals surface area (Å²) in [6.07, 6.45) is 9.01. The van der Waals surface area contributed by atoms with Gasteiger partial charge in [0.15, 0.2) is 0 Å². The Morgan fingerprint density at radius 2 is 1.55 bits per heavy atom. The van der Waals surface area contributed by atoms with Crippen molar-refractivity contribution in [3.8, 4) is 0 Å². The molecule has 22 heavy (non-hydrogen) atoms. The molecular formula is C16H27NO5. The van der Waals surface area contributed by atoms with Gasteiger partial charge in [0.25, 0.3) is 0 Å². The van der Waals surface area contributed by atoms with Gasteiger partial charge in [-0.15, -0.1) is 6.58 Å². The number of allylic oxidation sites excluding steroid dienone is 1. The highest BCUT2D eigenvalue weighted by atomic mass is 16.4. The van der Waals surface area contributed by atoms with E-state index in [4.69, 9.17) is 10.2 Å². The molecule has 0 fully saturated rings. The normalized spacial score (nSPS) is 11.6. The van der Waals surface area contributed by atoms with Crippen LogP contribution in [0.4, 0.5) is 0 Å². The number of rotatable bonds is 14. The van der Waals surface area contributed by atoms with Crippen LogP contribution in [-0.4, -0.2) is 34.1 Å². The van der Waals surface area contributed by atoms with Crippen molar-refractivity contribution in [2.75, 3.05) is 0 Å². The fraction of sp³-hybridized carbons (Fsp3) is 0.688. The highest BCUT2D eigenvalue weighted by Gasteiger charge is 2.20. The minimum absolute atomic E-state index is 0.0975. The van der Waals surface area contributed by atoms with Gasteiger partial charge >= 0.3 is 11.9 Å². The van der Waals surface area contributed by atoms with E-state index in [0.29, 0.717) is 0 Å². The van der Waals surface area contributed by atoms with Crippen LogP contribution in [0.5, 0.6) is 0 Å². The number of carbonyl (C=O) groups is 3. The molecule has 0 aromatic heterocycles. The SMILES string of the molecule is C=CCCCCCCCCC(=O)NC(CCC(=O)O)C(=O)O. The Kier molecular flexibility index (Phi) is 11.8. The van der Waals surface area contributed by atoms with Gasteiger partial charge < -0.3 is 15.5 Å². The second-order valence-corrected chi connectivity index (χ2v) is 5.34. The van der Waals surface area contributed by atoms with Gasteiger partial charge in [0.2, 0.25) is 5.91 Å². The molecule has 0 aromatic rings. The molecule has 0 aliphatic rings. The first kappa shape index (κ1) is 20.1. The van der Waals surface area contributed by atoms with E-state index in [0.717, 1.165) is 44.9 Å². The molecule has 6 heteroatoms. The van der Waals surface area contributed by atoms with Gasteiger partial charge in [0.1, 0.15) is 6.04 Å². The minimum Gasteiger partial charge on any atom is -0.481 e. The van der Waals surface area contributed by atoms with Crippen molar-refractivity contribution in [3.63, 3.8) is 0 Å². The number of carbonyl (C=O) groups excluding carboxylic acids is 1. The van der Waals surface area contributed by atoms with Crippen molar-refractivity contribution in [2.24, 2.45) is 0 Å². The average molecular weight is 313 g/mol. The number of amides is 1. The quantitative estimate of drug-likeness (QED) is 0.338. The van der Waals surface area contributed by atoms with Crippen molar-refractivity contribution in [2.45, 2.75) is 70.3 Å². The Balaban J connectivity index is 3.74. The summed E-state index contributed by atoms with van der Waals surface area (Å²) in [7, 11) is 0. The van der Waals surface area contributed by atoms with Gasteiger partial charge in [-0.2, -0.15) is 0 Å². The Labute approximate surface area is 131 Å². The summed E-state index contributed by atoms with van der Waals surface area (Å²) in [6.45, 7) is 3.67. The second kappa shape index (κ2) is 12.9. The molecule has 0 radical (unpaired) electrons. The van der Waals surface area contributed by atoms with E-state index in [-0.39, 0.29) is 25.2 Å². The van der Waals surface area contributed by atoms with E-state index in [1.54, 1.807) is 0 Å². The van der Waals surface area contributed by atoms with Crippen LogP contribution in [0.1, 0.15) is 64.2 Å². The van der Waals surface area contributed by atoms with Gasteiger partial charge in [-0.3, -0.25) is 9.59 Å². The number of hydrogen-bond acceptors (Lipinski definition) is 3. The zero-order valence-electron chi connectivity index (χ0n) is 13.1. The molecule has 0 saturated heterocycles. The molecule has 0 rings (SSSR count). The Morgan fingerprint density at radius 3 is 2.09 bits per heavy atom. The predicted octanol–water partition coefficient (Wildman–Crippen LogP) is 2.73. The molecular weight excluding hydrogens is 286 g/mol. The standard InChI is InChI=1S/C16H27NO5/c1-2-3-4-5-6-7-8-9-10-14(18)17-13(16(21)22)11-12-15(19)20/h2,13H,1,3-12H2,(H,17,18)(H,19,20)(H,21,22). The van der Waals surface area contributed by atoms with E-state index in [1.807, 2.05) is 6.08 Å². The minimum atomic E-state index is -1.20. The second-order valence-electron chi connectivity index (χ2n) is 5.34. The van der Waals surface area contributed by atoms with Gasteiger partial charge in [-0.05, 0) is 25.7 Å². The summed E-state index contributed by atoms with van der Waals surface area (Å²) in [5.74, 6) is -2.60. The molecule has 0 heterocycles. The Bertz CT molecular complexity index is 368. The maximum absolute atomic E-state index is 11.6. The molecule has 0 bridgehead atoms. The molecule has 0 spiro atoms. The highest BCUT2D eigenvalue weighted by Crippen LogP contribution is 2.09. The van der Waals surface area contributed by atoms with Crippen LogP contribution in [0, 0.1) is 0 Å². The number of nitrogens with one attached hydrogen (secondary N) is 1. The van der Waals surface area contributed by atoms with Gasteiger partial charge in [-0.1, -0.05) is 31.8 Å². The molecule has 1 unspecified atom stereocenters. The summed E-state index contributed by atoms with van der Waals surface area (Å²) in [6, 6.07) is -1.12. The van der Waals surface area contributed by atoms with E-state index in [1.165, 1.54) is 0 Å². The van der Waals surface area contributed by atoms with Crippen LogP contribution >= 0.6 is 0 Å². The first-order chi connectivity index (χ1) is 10.5. The van der Waals surface area contributed by atoms with Crippen molar-refractivity contribution in [1.29, 1.82) is 0 Å². The lowest BCUT2D eigenvalue weighted by atomic mass is 10.1. The van der Waals surface area contributed by atoms with Crippen molar-refractivity contribution in [1.82, 2.24) is 5.32 Å². The molecule has 1 amide bonds. The third kappa shape index (κ3) is 11.9. The van der Waals surface area contributed by atoms with Crippen LogP contribution in [-0.2, 0) is 14.4 Å². The number of aliphatic carboxylic acids is 2. The average Bonchev–Trinajstić information content (AvgIpc) is 2.45. The topological polar surface area (TPSA) is 104 Å². The zero-order valence-corrected chi connectivity index (χ0v) is 13.1. The number of unbranched alkanes of at least 4 members (excludes halogenated alkanes) is 6. The zero-order chi connectivity index (χ0) is 16.8. The van der Waals surface area contributed by atoms with E-state index in [9.17, 15) is 14.4 Å². The Morgan fingerprint density at radius 1 is 0.955 bits per heavy atom. The summed E-state index contributed by atoms with van der Waals surface area (Å²) in [5, 5.41) is 19.9. The molecule has 0 saturated carbocycles. The summed E-state index contributed by atoms with van der Waals surface area (Å²) in [4.78, 5) is 33.0. The van der Waals surface area contributed by atoms with Crippen LogP contribution in [0.25, 0.3) is 0 Å². The van der Waals surface area contributed by atoms with Gasteiger partial charge in [-0.25, -0.2) is 4.79 Å². The fourth-order valence-electron chi connectivity index (χ4n) is 2.07. The monoisotopic (exact) mass is 313 g/mol. The molecule has 6 nitrogen and oxygen atoms in total. The molecule has 126 valence electrons. The fourth-order valence-corrected chi connectivity index (χ4v) is 2.07. The number of hydrogen-bond donors (Lipinski definition) is 3. The maximum atomic E-state index is 11.6.